The van der Waals surface area contributed by atoms with Crippen molar-refractivity contribution in [2.24, 2.45) is 5.41 Å². The minimum atomic E-state index is -0.948. The first-order chi connectivity index (χ1) is 12.4. The Morgan fingerprint density at radius 1 is 1.04 bits per heavy atom. The Labute approximate surface area is 162 Å². The van der Waals surface area contributed by atoms with Gasteiger partial charge in [0, 0.05) is 0 Å². The van der Waals surface area contributed by atoms with E-state index in [4.69, 9.17) is 0 Å². The summed E-state index contributed by atoms with van der Waals surface area (Å²) in [5.74, 6) is 0.278. The molecular weight excluding hydrogens is 385 g/mol. The van der Waals surface area contributed by atoms with Crippen LogP contribution in [0.3, 0.4) is 0 Å². The second kappa shape index (κ2) is 6.67. The van der Waals surface area contributed by atoms with Crippen LogP contribution < -0.4 is 0 Å². The van der Waals surface area contributed by atoms with Crippen molar-refractivity contribution in [3.05, 3.63) is 35.9 Å². The molecule has 142 valence electrons. The molecule has 3 aliphatic rings. The van der Waals surface area contributed by atoms with Gasteiger partial charge in [-0.2, -0.15) is 0 Å². The van der Waals surface area contributed by atoms with Crippen LogP contribution in [0.5, 0.6) is 0 Å². The van der Waals surface area contributed by atoms with Crippen LogP contribution in [0.1, 0.15) is 56.9 Å². The molecule has 0 atom stereocenters. The van der Waals surface area contributed by atoms with Gasteiger partial charge in [0.2, 0.25) is 0 Å². The Morgan fingerprint density at radius 3 is 2.23 bits per heavy atom. The van der Waals surface area contributed by atoms with E-state index in [2.05, 4.69) is 41.8 Å². The van der Waals surface area contributed by atoms with E-state index in [1.807, 2.05) is 4.90 Å². The summed E-state index contributed by atoms with van der Waals surface area (Å²) in [6.45, 7) is 1.44. The van der Waals surface area contributed by atoms with Crippen LogP contribution in [0, 0.1) is 5.41 Å². The van der Waals surface area contributed by atoms with Crippen LogP contribution in [-0.2, 0) is 9.00 Å². The summed E-state index contributed by atoms with van der Waals surface area (Å²) in [4.78, 5) is 14.6. The Kier molecular flexibility index (Phi) is 4.76. The van der Waals surface area contributed by atoms with Gasteiger partial charge in [0.1, 0.15) is 0 Å². The number of carbonyl (C=O) groups is 1. The molecule has 4 heteroatoms. The molecule has 4 rings (SSSR count). The van der Waals surface area contributed by atoms with E-state index < -0.39 is 20.3 Å². The zero-order valence-electron chi connectivity index (χ0n) is 16.2. The first-order valence-electron chi connectivity index (χ1n) is 10.1. The molecule has 2 saturated carbocycles. The van der Waals surface area contributed by atoms with Gasteiger partial charge in [-0.15, -0.1) is 0 Å². The first kappa shape index (κ1) is 18.6. The molecule has 0 bridgehead atoms. The SMILES string of the molecule is C[As](C)C1(c2ccccc2)CCC2(CC1)CC(=O)N(CC1(O)CCC1)C2. The molecule has 1 heterocycles. The molecule has 0 aromatic heterocycles. The topological polar surface area (TPSA) is 40.5 Å². The second-order valence-corrected chi connectivity index (χ2v) is 14.8. The number of hydrogen-bond acceptors (Lipinski definition) is 2. The number of benzene rings is 1. The zero-order chi connectivity index (χ0) is 18.4. The number of amides is 1. The van der Waals surface area contributed by atoms with E-state index >= 15 is 0 Å². The van der Waals surface area contributed by atoms with Crippen LogP contribution in [0.25, 0.3) is 0 Å². The molecule has 3 nitrogen and oxygen atoms in total. The van der Waals surface area contributed by atoms with Crippen LogP contribution in [-0.4, -0.2) is 49.3 Å². The van der Waals surface area contributed by atoms with E-state index in [1.54, 1.807) is 0 Å². The number of hydrogen-bond donors (Lipinski definition) is 1. The number of β-amino-alcohol motifs (C(OH)–C–C–N with tert-alkyl or cyclic N) is 1. The predicted molar refractivity (Wildman–Crippen MR) is 107 cm³/mol. The van der Waals surface area contributed by atoms with Crippen LogP contribution in [0.2, 0.25) is 11.4 Å². The van der Waals surface area contributed by atoms with Crippen molar-refractivity contribution in [3.8, 4) is 0 Å². The molecule has 0 unspecified atom stereocenters. The van der Waals surface area contributed by atoms with Crippen LogP contribution >= 0.6 is 0 Å². The third-order valence-electron chi connectivity index (χ3n) is 7.48. The predicted octanol–water partition coefficient (Wildman–Crippen LogP) is 3.93. The molecule has 1 spiro atoms. The number of nitrogens with zero attached hydrogens (tertiary/aromatic N) is 1. The van der Waals surface area contributed by atoms with Gasteiger partial charge < -0.3 is 0 Å². The van der Waals surface area contributed by atoms with E-state index in [0.717, 1.165) is 38.6 Å². The molecule has 3 fully saturated rings. The van der Waals surface area contributed by atoms with Crippen LogP contribution in [0.4, 0.5) is 0 Å². The van der Waals surface area contributed by atoms with Crippen molar-refractivity contribution in [2.75, 3.05) is 13.1 Å². The van der Waals surface area contributed by atoms with E-state index in [-0.39, 0.29) is 11.3 Å². The summed E-state index contributed by atoms with van der Waals surface area (Å²) in [5, 5.41) is 10.5. The average Bonchev–Trinajstić information content (AvgIpc) is 2.90. The van der Waals surface area contributed by atoms with Crippen molar-refractivity contribution in [2.45, 2.75) is 72.6 Å². The maximum atomic E-state index is 12.7. The monoisotopic (exact) mass is 417 g/mol. The third-order valence-corrected chi connectivity index (χ3v) is 12.6. The van der Waals surface area contributed by atoms with Crippen LogP contribution in [0.15, 0.2) is 30.3 Å². The average molecular weight is 417 g/mol. The Morgan fingerprint density at radius 2 is 1.69 bits per heavy atom. The van der Waals surface area contributed by atoms with Crippen molar-refractivity contribution < 1.29 is 9.90 Å². The molecule has 1 N–H and O–H groups in total. The Bertz CT molecular complexity index is 660. The normalized spacial score (nSPS) is 33.7. The van der Waals surface area contributed by atoms with Crippen molar-refractivity contribution in [1.29, 1.82) is 0 Å². The van der Waals surface area contributed by atoms with Gasteiger partial charge in [0.25, 0.3) is 0 Å². The van der Waals surface area contributed by atoms with Gasteiger partial charge >= 0.3 is 162 Å². The van der Waals surface area contributed by atoms with E-state index in [1.165, 1.54) is 18.4 Å². The summed E-state index contributed by atoms with van der Waals surface area (Å²) in [6, 6.07) is 11.1. The number of rotatable bonds is 4. The van der Waals surface area contributed by atoms with Crippen molar-refractivity contribution >= 4 is 20.6 Å². The molecule has 1 aliphatic heterocycles. The molecule has 1 saturated heterocycles. The molecule has 0 radical (unpaired) electrons. The Balaban J connectivity index is 1.48. The molecule has 26 heavy (non-hydrogen) atoms. The molecule has 1 amide bonds. The van der Waals surface area contributed by atoms with Gasteiger partial charge in [0.15, 0.2) is 0 Å². The molecule has 2 aliphatic carbocycles. The summed E-state index contributed by atoms with van der Waals surface area (Å²) in [6.07, 6.45) is 8.31. The zero-order valence-corrected chi connectivity index (χ0v) is 18.1. The molecule has 1 aromatic carbocycles. The van der Waals surface area contributed by atoms with Gasteiger partial charge in [0.05, 0.1) is 0 Å². The standard InChI is InChI=1S/C22H32AsNO2/c1-23(2)22(18-7-4-3-5-8-18)13-11-20(12-14-22)15-19(25)24(16-20)17-21(26)9-6-10-21/h3-5,7-8,26H,6,9-17H2,1-2H3. The van der Waals surface area contributed by atoms with Gasteiger partial charge in [-0.3, -0.25) is 0 Å². The van der Waals surface area contributed by atoms with E-state index in [0.29, 0.717) is 17.2 Å². The number of likely N-dealkylation sites (tertiary alicyclic amines) is 1. The molecule has 1 aromatic rings. The summed E-state index contributed by atoms with van der Waals surface area (Å²) in [5.41, 5.74) is 6.10. The minimum absolute atomic E-state index is 0.167. The van der Waals surface area contributed by atoms with E-state index in [9.17, 15) is 9.90 Å². The fourth-order valence-electron chi connectivity index (χ4n) is 5.50. The third kappa shape index (κ3) is 3.16. The first-order valence-corrected chi connectivity index (χ1v) is 14.8. The van der Waals surface area contributed by atoms with Gasteiger partial charge in [-0.05, 0) is 0 Å². The van der Waals surface area contributed by atoms with Gasteiger partial charge in [-0.25, -0.2) is 0 Å². The summed E-state index contributed by atoms with van der Waals surface area (Å²) in [7, 11) is 0. The van der Waals surface area contributed by atoms with Crippen molar-refractivity contribution in [3.63, 3.8) is 0 Å². The maximum absolute atomic E-state index is 12.7. The summed E-state index contributed by atoms with van der Waals surface area (Å²) < 4.78 is 0.391. The number of carbonyl (C=O) groups excluding carboxylic acids is 1. The fraction of sp³-hybridized carbons (Fsp3) is 0.682. The quantitative estimate of drug-likeness (QED) is 0.755. The van der Waals surface area contributed by atoms with Gasteiger partial charge in [-0.1, -0.05) is 0 Å². The fourth-order valence-corrected chi connectivity index (χ4v) is 9.24. The van der Waals surface area contributed by atoms with Crippen molar-refractivity contribution in [1.82, 2.24) is 4.90 Å². The number of aliphatic hydroxyl groups is 1. The molecular formula is C22H32AsNO2. The summed E-state index contributed by atoms with van der Waals surface area (Å²) >= 11 is -0.948. The Hall–Kier alpha value is -0.792. The second-order valence-electron chi connectivity index (χ2n) is 9.30.